The van der Waals surface area contributed by atoms with Crippen LogP contribution in [0.5, 0.6) is 11.5 Å². The summed E-state index contributed by atoms with van der Waals surface area (Å²) in [7, 11) is 2.99. The maximum Gasteiger partial charge on any atom is 0.416 e. The highest BCUT2D eigenvalue weighted by Gasteiger charge is 2.35. The molecule has 1 aromatic heterocycles. The topological polar surface area (TPSA) is 77.7 Å². The molecule has 0 aliphatic carbocycles. The third kappa shape index (κ3) is 4.25. The van der Waals surface area contributed by atoms with Gasteiger partial charge in [0.05, 0.1) is 19.8 Å². The molecule has 0 unspecified atom stereocenters. The predicted molar refractivity (Wildman–Crippen MR) is 107 cm³/mol. The van der Waals surface area contributed by atoms with Gasteiger partial charge in [-0.15, -0.1) is 0 Å². The van der Waals surface area contributed by atoms with Crippen LogP contribution in [-0.4, -0.2) is 41.7 Å². The Balaban J connectivity index is 1.60. The number of aromatic nitrogens is 2. The number of alkyl halides is 3. The van der Waals surface area contributed by atoms with E-state index in [4.69, 9.17) is 14.0 Å². The van der Waals surface area contributed by atoms with Crippen molar-refractivity contribution in [1.82, 2.24) is 15.0 Å². The van der Waals surface area contributed by atoms with Crippen molar-refractivity contribution in [2.75, 3.05) is 20.8 Å². The second-order valence-corrected chi connectivity index (χ2v) is 7.29. The number of halogens is 3. The zero-order valence-corrected chi connectivity index (χ0v) is 17.3. The molecule has 0 N–H and O–H groups in total. The Morgan fingerprint density at radius 2 is 1.84 bits per heavy atom. The average Bonchev–Trinajstić information content (AvgIpc) is 3.47. The molecule has 3 aromatic rings. The van der Waals surface area contributed by atoms with Crippen molar-refractivity contribution in [3.63, 3.8) is 0 Å². The molecule has 1 atom stereocenters. The Bertz CT molecular complexity index is 1110. The standard InChI is InChI=1S/C22H20F3N3O4/c1-30-16-10-14(11-17(12-16)31-2)21(29)28-8-4-7-18(28)20-26-19(27-32-20)13-5-3-6-15(9-13)22(23,24)25/h3,5-6,9-12,18H,4,7-8H2,1-2H3/t18-/m1/s1. The van der Waals surface area contributed by atoms with Crippen molar-refractivity contribution in [3.8, 4) is 22.9 Å². The second kappa shape index (κ2) is 8.52. The summed E-state index contributed by atoms with van der Waals surface area (Å²) in [5.41, 5.74) is -0.236. The molecule has 0 bridgehead atoms. The van der Waals surface area contributed by atoms with E-state index in [2.05, 4.69) is 10.1 Å². The summed E-state index contributed by atoms with van der Waals surface area (Å²) in [5.74, 6) is 0.913. The number of ether oxygens (including phenoxy) is 2. The molecule has 1 aliphatic rings. The van der Waals surface area contributed by atoms with Crippen molar-refractivity contribution in [3.05, 3.63) is 59.5 Å². The van der Waals surface area contributed by atoms with Gasteiger partial charge in [-0.05, 0) is 37.1 Å². The van der Waals surface area contributed by atoms with Gasteiger partial charge in [0.15, 0.2) is 0 Å². The fraction of sp³-hybridized carbons (Fsp3) is 0.318. The van der Waals surface area contributed by atoms with Crippen molar-refractivity contribution in [2.45, 2.75) is 25.1 Å². The maximum absolute atomic E-state index is 13.2. The first-order valence-corrected chi connectivity index (χ1v) is 9.85. The number of carbonyl (C=O) groups excluding carboxylic acids is 1. The van der Waals surface area contributed by atoms with Crippen molar-refractivity contribution in [2.24, 2.45) is 0 Å². The number of benzene rings is 2. The van der Waals surface area contributed by atoms with Crippen molar-refractivity contribution < 1.29 is 32.0 Å². The fourth-order valence-corrected chi connectivity index (χ4v) is 3.69. The molecule has 2 aromatic carbocycles. The molecule has 1 aliphatic heterocycles. The summed E-state index contributed by atoms with van der Waals surface area (Å²) in [4.78, 5) is 19.1. The zero-order chi connectivity index (χ0) is 22.9. The molecule has 1 fully saturated rings. The van der Waals surface area contributed by atoms with Crippen LogP contribution < -0.4 is 9.47 Å². The van der Waals surface area contributed by atoms with E-state index >= 15 is 0 Å². The normalized spacial score (nSPS) is 16.3. The lowest BCUT2D eigenvalue weighted by atomic mass is 10.1. The van der Waals surface area contributed by atoms with Crippen LogP contribution in [0.4, 0.5) is 13.2 Å². The number of methoxy groups -OCH3 is 2. The first-order valence-electron chi connectivity index (χ1n) is 9.85. The predicted octanol–water partition coefficient (Wildman–Crippen LogP) is 4.75. The van der Waals surface area contributed by atoms with Crippen LogP contribution in [0.15, 0.2) is 47.0 Å². The monoisotopic (exact) mass is 447 g/mol. The summed E-state index contributed by atoms with van der Waals surface area (Å²) in [6.45, 7) is 0.476. The largest absolute Gasteiger partial charge is 0.497 e. The summed E-state index contributed by atoms with van der Waals surface area (Å²) >= 11 is 0. The number of hydrogen-bond donors (Lipinski definition) is 0. The molecule has 2 heterocycles. The summed E-state index contributed by atoms with van der Waals surface area (Å²) < 4.78 is 54.9. The van der Waals surface area contributed by atoms with E-state index in [9.17, 15) is 18.0 Å². The van der Waals surface area contributed by atoms with Crippen LogP contribution in [0.2, 0.25) is 0 Å². The van der Waals surface area contributed by atoms with Gasteiger partial charge in [0.2, 0.25) is 11.7 Å². The van der Waals surface area contributed by atoms with Crippen LogP contribution in [0.1, 0.15) is 40.7 Å². The molecule has 1 saturated heterocycles. The Labute approximate surface area is 181 Å². The van der Waals surface area contributed by atoms with Crippen molar-refractivity contribution >= 4 is 5.91 Å². The molecule has 1 amide bonds. The minimum Gasteiger partial charge on any atom is -0.497 e. The van der Waals surface area contributed by atoms with Gasteiger partial charge in [-0.3, -0.25) is 4.79 Å². The fourth-order valence-electron chi connectivity index (χ4n) is 3.69. The van der Waals surface area contributed by atoms with Gasteiger partial charge >= 0.3 is 6.18 Å². The highest BCUT2D eigenvalue weighted by Crippen LogP contribution is 2.35. The van der Waals surface area contributed by atoms with Gasteiger partial charge in [0.1, 0.15) is 17.5 Å². The number of rotatable bonds is 5. The number of hydrogen-bond acceptors (Lipinski definition) is 6. The summed E-state index contributed by atoms with van der Waals surface area (Å²) in [6.07, 6.45) is -3.16. The lowest BCUT2D eigenvalue weighted by Gasteiger charge is -2.22. The lowest BCUT2D eigenvalue weighted by Crippen LogP contribution is -2.30. The van der Waals surface area contributed by atoms with Crippen LogP contribution >= 0.6 is 0 Å². The quantitative estimate of drug-likeness (QED) is 0.562. The minimum absolute atomic E-state index is 0.0356. The Hall–Kier alpha value is -3.56. The number of amides is 1. The third-order valence-electron chi connectivity index (χ3n) is 5.29. The van der Waals surface area contributed by atoms with E-state index in [1.807, 2.05) is 0 Å². The number of carbonyl (C=O) groups is 1. The van der Waals surface area contributed by atoms with E-state index in [-0.39, 0.29) is 23.2 Å². The molecule has 32 heavy (non-hydrogen) atoms. The molecule has 0 saturated carbocycles. The first-order chi connectivity index (χ1) is 15.3. The van der Waals surface area contributed by atoms with Gasteiger partial charge in [-0.1, -0.05) is 17.3 Å². The van der Waals surface area contributed by atoms with E-state index in [1.165, 1.54) is 26.4 Å². The first kappa shape index (κ1) is 21.7. The SMILES string of the molecule is COc1cc(OC)cc(C(=O)N2CCC[C@@H]2c2nc(-c3cccc(C(F)(F)F)c3)no2)c1. The molecule has 0 radical (unpaired) electrons. The number of likely N-dealkylation sites (tertiary alicyclic amines) is 1. The van der Waals surface area contributed by atoms with Crippen LogP contribution in [-0.2, 0) is 6.18 Å². The van der Waals surface area contributed by atoms with Gasteiger partial charge < -0.3 is 18.9 Å². The second-order valence-electron chi connectivity index (χ2n) is 7.29. The molecule has 168 valence electrons. The molecule has 7 nitrogen and oxygen atoms in total. The molecular weight excluding hydrogens is 427 g/mol. The Kier molecular flexibility index (Phi) is 5.77. The van der Waals surface area contributed by atoms with Gasteiger partial charge in [-0.2, -0.15) is 18.2 Å². The average molecular weight is 447 g/mol. The van der Waals surface area contributed by atoms with Gasteiger partial charge in [0.25, 0.3) is 5.91 Å². The van der Waals surface area contributed by atoms with Crippen LogP contribution in [0.3, 0.4) is 0 Å². The summed E-state index contributed by atoms with van der Waals surface area (Å²) in [5, 5.41) is 3.84. The lowest BCUT2D eigenvalue weighted by molar-refractivity contribution is -0.137. The van der Waals surface area contributed by atoms with Crippen LogP contribution in [0, 0.1) is 0 Å². The molecule has 4 rings (SSSR count). The third-order valence-corrected chi connectivity index (χ3v) is 5.29. The van der Waals surface area contributed by atoms with E-state index < -0.39 is 17.8 Å². The molecule has 10 heteroatoms. The zero-order valence-electron chi connectivity index (χ0n) is 17.3. The Morgan fingerprint density at radius 3 is 2.50 bits per heavy atom. The molecular formula is C22H20F3N3O4. The highest BCUT2D eigenvalue weighted by molar-refractivity contribution is 5.95. The maximum atomic E-state index is 13.2. The summed E-state index contributed by atoms with van der Waals surface area (Å²) in [6, 6.07) is 9.12. The van der Waals surface area contributed by atoms with Gasteiger partial charge in [0, 0.05) is 23.7 Å². The van der Waals surface area contributed by atoms with Gasteiger partial charge in [-0.25, -0.2) is 0 Å². The van der Waals surface area contributed by atoms with E-state index in [0.29, 0.717) is 30.0 Å². The van der Waals surface area contributed by atoms with Crippen molar-refractivity contribution in [1.29, 1.82) is 0 Å². The molecule has 0 spiro atoms. The van der Waals surface area contributed by atoms with E-state index in [0.717, 1.165) is 18.6 Å². The smallest absolute Gasteiger partial charge is 0.416 e. The Morgan fingerprint density at radius 1 is 1.12 bits per heavy atom. The highest BCUT2D eigenvalue weighted by atomic mass is 19.4. The number of nitrogens with zero attached hydrogens (tertiary/aromatic N) is 3. The van der Waals surface area contributed by atoms with Crippen LogP contribution in [0.25, 0.3) is 11.4 Å². The minimum atomic E-state index is -4.48. The van der Waals surface area contributed by atoms with E-state index in [1.54, 1.807) is 23.1 Å².